The van der Waals surface area contributed by atoms with Gasteiger partial charge in [-0.1, -0.05) is 17.3 Å². The Morgan fingerprint density at radius 3 is 3.08 bits per heavy atom. The predicted molar refractivity (Wildman–Crippen MR) is 96.0 cm³/mol. The van der Waals surface area contributed by atoms with Crippen molar-refractivity contribution in [3.8, 4) is 11.4 Å². The summed E-state index contributed by atoms with van der Waals surface area (Å²) in [7, 11) is 1.94. The zero-order valence-corrected chi connectivity index (χ0v) is 15.3. The van der Waals surface area contributed by atoms with Crippen LogP contribution in [0.4, 0.5) is 4.39 Å². The molecular weight excluding hydrogens is 335 g/mol. The van der Waals surface area contributed by atoms with E-state index in [2.05, 4.69) is 15.5 Å². The quantitative estimate of drug-likeness (QED) is 0.857. The smallest absolute Gasteiger partial charge is 0.227 e. The number of aryl methyl sites for hydroxylation is 2. The van der Waals surface area contributed by atoms with Gasteiger partial charge in [0.2, 0.25) is 17.6 Å². The number of likely N-dealkylation sites (tertiary alicyclic amines) is 1. The Kier molecular flexibility index (Phi) is 5.98. The number of aromatic nitrogens is 2. The molecule has 0 spiro atoms. The first-order valence-corrected chi connectivity index (χ1v) is 9.08. The summed E-state index contributed by atoms with van der Waals surface area (Å²) in [5, 5.41) is 7.08. The average Bonchev–Trinajstić information content (AvgIpc) is 3.11. The van der Waals surface area contributed by atoms with Crippen molar-refractivity contribution in [3.05, 3.63) is 35.5 Å². The monoisotopic (exact) mass is 360 g/mol. The third kappa shape index (κ3) is 4.46. The highest BCUT2D eigenvalue weighted by atomic mass is 19.1. The lowest BCUT2D eigenvalue weighted by molar-refractivity contribution is -0.133. The molecule has 1 amide bonds. The highest BCUT2D eigenvalue weighted by Gasteiger charge is 2.23. The summed E-state index contributed by atoms with van der Waals surface area (Å²) in [5.41, 5.74) is 1.14. The third-order valence-electron chi connectivity index (χ3n) is 4.82. The number of nitrogens with one attached hydrogen (secondary N) is 1. The van der Waals surface area contributed by atoms with Gasteiger partial charge >= 0.3 is 0 Å². The summed E-state index contributed by atoms with van der Waals surface area (Å²) in [6.07, 6.45) is 2.94. The van der Waals surface area contributed by atoms with Crippen LogP contribution in [-0.2, 0) is 11.2 Å². The van der Waals surface area contributed by atoms with Crippen LogP contribution in [0, 0.1) is 18.7 Å². The maximum absolute atomic E-state index is 13.7. The van der Waals surface area contributed by atoms with Crippen LogP contribution in [0.3, 0.4) is 0 Å². The molecule has 140 valence electrons. The van der Waals surface area contributed by atoms with Gasteiger partial charge in [-0.2, -0.15) is 4.98 Å². The number of carbonyl (C=O) groups excluding carboxylic acids is 1. The van der Waals surface area contributed by atoms with Gasteiger partial charge < -0.3 is 14.7 Å². The zero-order valence-electron chi connectivity index (χ0n) is 15.3. The molecule has 1 fully saturated rings. The second kappa shape index (κ2) is 8.40. The summed E-state index contributed by atoms with van der Waals surface area (Å²) in [4.78, 5) is 18.7. The summed E-state index contributed by atoms with van der Waals surface area (Å²) >= 11 is 0. The molecule has 1 N–H and O–H groups in total. The van der Waals surface area contributed by atoms with Gasteiger partial charge in [-0.15, -0.1) is 0 Å². The molecular formula is C19H25FN4O2. The molecule has 0 radical (unpaired) electrons. The van der Waals surface area contributed by atoms with Crippen molar-refractivity contribution >= 4 is 5.91 Å². The van der Waals surface area contributed by atoms with E-state index in [0.29, 0.717) is 41.6 Å². The van der Waals surface area contributed by atoms with Crippen molar-refractivity contribution in [2.75, 3.05) is 26.7 Å². The molecule has 2 heterocycles. The van der Waals surface area contributed by atoms with Crippen LogP contribution in [0.15, 0.2) is 22.7 Å². The van der Waals surface area contributed by atoms with Gasteiger partial charge in [0.1, 0.15) is 5.82 Å². The van der Waals surface area contributed by atoms with E-state index in [1.54, 1.807) is 19.1 Å². The lowest BCUT2D eigenvalue weighted by Crippen LogP contribution is -2.42. The molecule has 1 aromatic carbocycles. The van der Waals surface area contributed by atoms with Crippen LogP contribution < -0.4 is 5.32 Å². The minimum absolute atomic E-state index is 0.118. The Bertz CT molecular complexity index is 760. The molecule has 0 unspecified atom stereocenters. The summed E-state index contributed by atoms with van der Waals surface area (Å²) in [6.45, 7) is 4.26. The molecule has 1 aliphatic rings. The molecule has 7 heteroatoms. The molecule has 3 rings (SSSR count). The van der Waals surface area contributed by atoms with Gasteiger partial charge in [0.05, 0.1) is 0 Å². The van der Waals surface area contributed by atoms with Crippen LogP contribution in [0.5, 0.6) is 0 Å². The second-order valence-corrected chi connectivity index (χ2v) is 6.88. The summed E-state index contributed by atoms with van der Waals surface area (Å²) < 4.78 is 18.9. The number of carbonyl (C=O) groups is 1. The molecule has 1 atom stereocenters. The Morgan fingerprint density at radius 1 is 1.46 bits per heavy atom. The fourth-order valence-corrected chi connectivity index (χ4v) is 3.32. The highest BCUT2D eigenvalue weighted by Crippen LogP contribution is 2.20. The Labute approximate surface area is 152 Å². The number of piperidine rings is 1. The molecule has 0 bridgehead atoms. The number of halogens is 1. The van der Waals surface area contributed by atoms with E-state index in [4.69, 9.17) is 4.52 Å². The lowest BCUT2D eigenvalue weighted by Gasteiger charge is -2.32. The van der Waals surface area contributed by atoms with Crippen molar-refractivity contribution < 1.29 is 13.7 Å². The van der Waals surface area contributed by atoms with E-state index in [-0.39, 0.29) is 11.7 Å². The topological polar surface area (TPSA) is 71.3 Å². The minimum atomic E-state index is -0.301. The predicted octanol–water partition coefficient (Wildman–Crippen LogP) is 2.57. The first kappa shape index (κ1) is 18.5. The van der Waals surface area contributed by atoms with Crippen LogP contribution in [0.25, 0.3) is 11.4 Å². The molecule has 1 aliphatic heterocycles. The number of nitrogens with zero attached hydrogens (tertiary/aromatic N) is 3. The van der Waals surface area contributed by atoms with Crippen molar-refractivity contribution in [2.24, 2.45) is 5.92 Å². The number of hydrogen-bond acceptors (Lipinski definition) is 5. The van der Waals surface area contributed by atoms with Gasteiger partial charge in [-0.3, -0.25) is 4.79 Å². The molecule has 1 saturated heterocycles. The molecule has 1 aromatic heterocycles. The van der Waals surface area contributed by atoms with Crippen LogP contribution in [-0.4, -0.2) is 47.6 Å². The van der Waals surface area contributed by atoms with Crippen LogP contribution in [0.1, 0.15) is 30.7 Å². The lowest BCUT2D eigenvalue weighted by atomic mass is 9.97. The van der Waals surface area contributed by atoms with Crippen molar-refractivity contribution in [3.63, 3.8) is 0 Å². The van der Waals surface area contributed by atoms with Gasteiger partial charge in [-0.05, 0) is 50.9 Å². The molecule has 2 aromatic rings. The van der Waals surface area contributed by atoms with E-state index in [1.807, 2.05) is 11.9 Å². The maximum atomic E-state index is 13.7. The van der Waals surface area contributed by atoms with Crippen molar-refractivity contribution in [2.45, 2.75) is 32.6 Å². The van der Waals surface area contributed by atoms with E-state index in [9.17, 15) is 9.18 Å². The second-order valence-electron chi connectivity index (χ2n) is 6.88. The fraction of sp³-hybridized carbons (Fsp3) is 0.526. The highest BCUT2D eigenvalue weighted by molar-refractivity contribution is 5.76. The largest absolute Gasteiger partial charge is 0.342 e. The van der Waals surface area contributed by atoms with E-state index in [0.717, 1.165) is 32.5 Å². The first-order chi connectivity index (χ1) is 12.6. The summed E-state index contributed by atoms with van der Waals surface area (Å²) in [5.74, 6) is 1.08. The van der Waals surface area contributed by atoms with Gasteiger partial charge in [0.25, 0.3) is 0 Å². The van der Waals surface area contributed by atoms with Gasteiger partial charge in [-0.25, -0.2) is 4.39 Å². The molecule has 0 saturated carbocycles. The fourth-order valence-electron chi connectivity index (χ4n) is 3.32. The Balaban J connectivity index is 1.56. The number of benzene rings is 1. The standard InChI is InChI=1S/C19H25FN4O2/c1-13-5-6-15(10-16(13)20)19-22-17(26-23-19)7-8-18(25)24-9-3-4-14(12-24)11-21-2/h5-6,10,14,21H,3-4,7-9,11-12H2,1-2H3/t14-/m0/s1. The maximum Gasteiger partial charge on any atom is 0.227 e. The number of hydrogen-bond donors (Lipinski definition) is 1. The first-order valence-electron chi connectivity index (χ1n) is 9.08. The van der Waals surface area contributed by atoms with Gasteiger partial charge in [0.15, 0.2) is 0 Å². The normalized spacial score (nSPS) is 17.5. The summed E-state index contributed by atoms with van der Waals surface area (Å²) in [6, 6.07) is 4.83. The SMILES string of the molecule is CNC[C@@H]1CCCN(C(=O)CCc2nc(-c3ccc(C)c(F)c3)no2)C1. The van der Waals surface area contributed by atoms with Crippen molar-refractivity contribution in [1.29, 1.82) is 0 Å². The van der Waals surface area contributed by atoms with Crippen LogP contribution >= 0.6 is 0 Å². The zero-order chi connectivity index (χ0) is 18.5. The Morgan fingerprint density at radius 2 is 2.31 bits per heavy atom. The average molecular weight is 360 g/mol. The van der Waals surface area contributed by atoms with E-state index < -0.39 is 0 Å². The molecule has 6 nitrogen and oxygen atoms in total. The molecule has 0 aliphatic carbocycles. The number of rotatable bonds is 6. The van der Waals surface area contributed by atoms with Crippen molar-refractivity contribution in [1.82, 2.24) is 20.4 Å². The third-order valence-corrected chi connectivity index (χ3v) is 4.82. The van der Waals surface area contributed by atoms with Gasteiger partial charge in [0, 0.05) is 31.5 Å². The number of amides is 1. The molecule has 26 heavy (non-hydrogen) atoms. The van der Waals surface area contributed by atoms with E-state index >= 15 is 0 Å². The van der Waals surface area contributed by atoms with E-state index in [1.165, 1.54) is 6.07 Å². The van der Waals surface area contributed by atoms with Crippen LogP contribution in [0.2, 0.25) is 0 Å². The Hall–Kier alpha value is -2.28. The minimum Gasteiger partial charge on any atom is -0.342 e.